The van der Waals surface area contributed by atoms with Crippen LogP contribution in [0.5, 0.6) is 0 Å². The number of carbonyl (C=O) groups excluding carboxylic acids is 1. The molecule has 74 valence electrons. The normalized spacial score (nSPS) is 13.7. The van der Waals surface area contributed by atoms with Crippen molar-refractivity contribution in [3.8, 4) is 0 Å². The first kappa shape index (κ1) is 10.5. The van der Waals surface area contributed by atoms with Gasteiger partial charge in [-0.2, -0.15) is 0 Å². The van der Waals surface area contributed by atoms with Gasteiger partial charge in [-0.1, -0.05) is 43.3 Å². The average molecular weight is 189 g/mol. The second kappa shape index (κ2) is 4.61. The van der Waals surface area contributed by atoms with Crippen LogP contribution in [0.3, 0.4) is 0 Å². The first-order valence-electron chi connectivity index (χ1n) is 4.64. The molecule has 1 atom stereocenters. The molecule has 0 bridgehead atoms. The Kier molecular flexibility index (Phi) is 3.46. The van der Waals surface area contributed by atoms with Gasteiger partial charge < -0.3 is 5.73 Å². The highest BCUT2D eigenvalue weighted by Crippen LogP contribution is 2.17. The Bertz CT molecular complexity index is 341. The van der Waals surface area contributed by atoms with Gasteiger partial charge in [0.05, 0.1) is 0 Å². The number of amides is 1. The fourth-order valence-electron chi connectivity index (χ4n) is 1.31. The Morgan fingerprint density at radius 2 is 1.93 bits per heavy atom. The van der Waals surface area contributed by atoms with Crippen LogP contribution >= 0.6 is 0 Å². The van der Waals surface area contributed by atoms with Crippen molar-refractivity contribution in [2.75, 3.05) is 0 Å². The zero-order valence-electron chi connectivity index (χ0n) is 8.53. The molecule has 0 heterocycles. The standard InChI is InChI=1S/C12H15NO/c1-9(8-10(2)12(13)14)11-6-4-3-5-7-11/h3-9H,1-2H3,(H2,13,14)/b10-8+. The number of carbonyl (C=O) groups is 1. The van der Waals surface area contributed by atoms with Crippen LogP contribution in [0, 0.1) is 0 Å². The zero-order chi connectivity index (χ0) is 10.6. The summed E-state index contributed by atoms with van der Waals surface area (Å²) in [6.45, 7) is 3.78. The SMILES string of the molecule is C/C(=C\C(C)c1ccccc1)C(N)=O. The minimum Gasteiger partial charge on any atom is -0.366 e. The molecular weight excluding hydrogens is 174 g/mol. The first-order chi connectivity index (χ1) is 6.61. The molecule has 2 N–H and O–H groups in total. The van der Waals surface area contributed by atoms with E-state index in [2.05, 4.69) is 0 Å². The van der Waals surface area contributed by atoms with E-state index in [4.69, 9.17) is 5.73 Å². The number of hydrogen-bond donors (Lipinski definition) is 1. The van der Waals surface area contributed by atoms with Crippen LogP contribution in [0.1, 0.15) is 25.3 Å². The van der Waals surface area contributed by atoms with Gasteiger partial charge in [-0.3, -0.25) is 4.79 Å². The molecule has 0 aliphatic rings. The molecule has 2 heteroatoms. The topological polar surface area (TPSA) is 43.1 Å². The number of hydrogen-bond acceptors (Lipinski definition) is 1. The van der Waals surface area contributed by atoms with Gasteiger partial charge in [-0.05, 0) is 18.4 Å². The van der Waals surface area contributed by atoms with Gasteiger partial charge in [0, 0.05) is 5.57 Å². The fraction of sp³-hybridized carbons (Fsp3) is 0.250. The minimum absolute atomic E-state index is 0.226. The highest BCUT2D eigenvalue weighted by atomic mass is 16.1. The lowest BCUT2D eigenvalue weighted by Gasteiger charge is -2.07. The number of nitrogens with two attached hydrogens (primary N) is 1. The lowest BCUT2D eigenvalue weighted by molar-refractivity contribution is -0.114. The third kappa shape index (κ3) is 2.73. The number of rotatable bonds is 3. The molecule has 1 unspecified atom stereocenters. The Hall–Kier alpha value is -1.57. The molecule has 0 fully saturated rings. The molecule has 1 aromatic carbocycles. The first-order valence-corrected chi connectivity index (χ1v) is 4.64. The van der Waals surface area contributed by atoms with Crippen molar-refractivity contribution in [2.45, 2.75) is 19.8 Å². The van der Waals surface area contributed by atoms with E-state index >= 15 is 0 Å². The van der Waals surface area contributed by atoms with Crippen molar-refractivity contribution in [3.05, 3.63) is 47.5 Å². The summed E-state index contributed by atoms with van der Waals surface area (Å²) in [7, 11) is 0. The van der Waals surface area contributed by atoms with Gasteiger partial charge in [0.15, 0.2) is 0 Å². The van der Waals surface area contributed by atoms with Crippen LogP contribution in [-0.4, -0.2) is 5.91 Å². The van der Waals surface area contributed by atoms with Gasteiger partial charge in [0.2, 0.25) is 5.91 Å². The second-order valence-corrected chi connectivity index (χ2v) is 3.41. The summed E-state index contributed by atoms with van der Waals surface area (Å²) in [6, 6.07) is 10.0. The highest BCUT2D eigenvalue weighted by molar-refractivity contribution is 5.91. The lowest BCUT2D eigenvalue weighted by atomic mass is 9.99. The summed E-state index contributed by atoms with van der Waals surface area (Å²) in [5.41, 5.74) is 6.96. The Morgan fingerprint density at radius 3 is 2.43 bits per heavy atom. The van der Waals surface area contributed by atoms with Gasteiger partial charge in [0.25, 0.3) is 0 Å². The second-order valence-electron chi connectivity index (χ2n) is 3.41. The van der Waals surface area contributed by atoms with Crippen molar-refractivity contribution in [3.63, 3.8) is 0 Å². The number of allylic oxidation sites excluding steroid dienone is 1. The average Bonchev–Trinajstić information content (AvgIpc) is 2.19. The van der Waals surface area contributed by atoms with E-state index in [-0.39, 0.29) is 11.8 Å². The monoisotopic (exact) mass is 189 g/mol. The fourth-order valence-corrected chi connectivity index (χ4v) is 1.31. The van der Waals surface area contributed by atoms with Crippen molar-refractivity contribution < 1.29 is 4.79 Å². The lowest BCUT2D eigenvalue weighted by Crippen LogP contribution is -2.12. The van der Waals surface area contributed by atoms with E-state index in [0.29, 0.717) is 5.57 Å². The summed E-state index contributed by atoms with van der Waals surface area (Å²) in [5.74, 6) is -0.128. The van der Waals surface area contributed by atoms with Crippen molar-refractivity contribution >= 4 is 5.91 Å². The van der Waals surface area contributed by atoms with Crippen LogP contribution in [-0.2, 0) is 4.79 Å². The van der Waals surface area contributed by atoms with E-state index in [1.807, 2.05) is 43.3 Å². The smallest absolute Gasteiger partial charge is 0.244 e. The largest absolute Gasteiger partial charge is 0.366 e. The van der Waals surface area contributed by atoms with E-state index in [1.54, 1.807) is 6.92 Å². The minimum atomic E-state index is -0.354. The Morgan fingerprint density at radius 1 is 1.36 bits per heavy atom. The molecule has 0 saturated carbocycles. The van der Waals surface area contributed by atoms with Gasteiger partial charge >= 0.3 is 0 Å². The summed E-state index contributed by atoms with van der Waals surface area (Å²) in [4.78, 5) is 10.8. The summed E-state index contributed by atoms with van der Waals surface area (Å²) in [6.07, 6.45) is 1.89. The van der Waals surface area contributed by atoms with Gasteiger partial charge in [-0.15, -0.1) is 0 Å². The number of benzene rings is 1. The molecule has 1 rings (SSSR count). The maximum absolute atomic E-state index is 10.8. The van der Waals surface area contributed by atoms with E-state index in [1.165, 1.54) is 5.56 Å². The van der Waals surface area contributed by atoms with Gasteiger partial charge in [0.1, 0.15) is 0 Å². The molecule has 14 heavy (non-hydrogen) atoms. The Balaban J connectivity index is 2.82. The maximum atomic E-state index is 10.8. The third-order valence-corrected chi connectivity index (χ3v) is 2.21. The summed E-state index contributed by atoms with van der Waals surface area (Å²) >= 11 is 0. The van der Waals surface area contributed by atoms with Crippen molar-refractivity contribution in [1.29, 1.82) is 0 Å². The predicted molar refractivity (Wildman–Crippen MR) is 57.8 cm³/mol. The molecule has 1 aromatic rings. The molecule has 0 aliphatic carbocycles. The van der Waals surface area contributed by atoms with E-state index in [9.17, 15) is 4.79 Å². The number of primary amides is 1. The zero-order valence-corrected chi connectivity index (χ0v) is 8.53. The molecule has 0 aliphatic heterocycles. The van der Waals surface area contributed by atoms with Crippen molar-refractivity contribution in [2.24, 2.45) is 5.73 Å². The quantitative estimate of drug-likeness (QED) is 0.728. The van der Waals surface area contributed by atoms with Crippen LogP contribution < -0.4 is 5.73 Å². The Labute approximate surface area is 84.4 Å². The molecule has 0 spiro atoms. The van der Waals surface area contributed by atoms with Crippen LogP contribution in [0.25, 0.3) is 0 Å². The molecule has 2 nitrogen and oxygen atoms in total. The molecule has 1 amide bonds. The van der Waals surface area contributed by atoms with Gasteiger partial charge in [-0.25, -0.2) is 0 Å². The molecule has 0 aromatic heterocycles. The molecule has 0 saturated heterocycles. The summed E-state index contributed by atoms with van der Waals surface area (Å²) in [5, 5.41) is 0. The summed E-state index contributed by atoms with van der Waals surface area (Å²) < 4.78 is 0. The third-order valence-electron chi connectivity index (χ3n) is 2.21. The molecular formula is C12H15NO. The predicted octanol–water partition coefficient (Wildman–Crippen LogP) is 2.22. The van der Waals surface area contributed by atoms with Crippen molar-refractivity contribution in [1.82, 2.24) is 0 Å². The highest BCUT2D eigenvalue weighted by Gasteiger charge is 2.03. The maximum Gasteiger partial charge on any atom is 0.244 e. The van der Waals surface area contributed by atoms with E-state index in [0.717, 1.165) is 0 Å². The van der Waals surface area contributed by atoms with Crippen LogP contribution in [0.4, 0.5) is 0 Å². The van der Waals surface area contributed by atoms with Crippen LogP contribution in [0.15, 0.2) is 42.0 Å². The van der Waals surface area contributed by atoms with E-state index < -0.39 is 0 Å². The van der Waals surface area contributed by atoms with Crippen LogP contribution in [0.2, 0.25) is 0 Å². The molecule has 0 radical (unpaired) electrons.